The number of aliphatic carboxylic acids is 1. The van der Waals surface area contributed by atoms with Crippen LogP contribution in [0.1, 0.15) is 18.2 Å². The molecule has 0 radical (unpaired) electrons. The van der Waals surface area contributed by atoms with Gasteiger partial charge in [-0.25, -0.2) is 4.79 Å². The van der Waals surface area contributed by atoms with Gasteiger partial charge >= 0.3 is 5.97 Å². The number of rotatable bonds is 5. The van der Waals surface area contributed by atoms with Crippen LogP contribution in [0.2, 0.25) is 0 Å². The molecule has 1 heterocycles. The molecule has 1 aliphatic carbocycles. The average Bonchev–Trinajstić information content (AvgIpc) is 3.17. The highest BCUT2D eigenvalue weighted by Gasteiger charge is 2.20. The highest BCUT2D eigenvalue weighted by Crippen LogP contribution is 2.29. The van der Waals surface area contributed by atoms with Crippen LogP contribution in [0.25, 0.3) is 11.5 Å². The summed E-state index contributed by atoms with van der Waals surface area (Å²) in [6.45, 7) is 0. The van der Waals surface area contributed by atoms with Crippen molar-refractivity contribution >= 4 is 29.2 Å². The van der Waals surface area contributed by atoms with Gasteiger partial charge < -0.3 is 14.4 Å². The molecular formula is C18H16ClN3O4. The zero-order valence-electron chi connectivity index (χ0n) is 13.9. The Kier molecular flexibility index (Phi) is 5.18. The van der Waals surface area contributed by atoms with Crippen molar-refractivity contribution in [3.8, 4) is 11.5 Å². The third-order valence-corrected chi connectivity index (χ3v) is 4.32. The van der Waals surface area contributed by atoms with Crippen molar-refractivity contribution in [2.75, 3.05) is 17.8 Å². The standard InChI is InChI=1S/C18H16ClN3O4/c1-22(15(23)10-19)14-8-6-12(7-9-14)17-21-20-16(26-17)11-2-4-13(5-3-11)18(24)25/h2,4-9,11H,3,10H2,1H3,(H,24,25). The molecule has 0 aliphatic heterocycles. The lowest BCUT2D eigenvalue weighted by Crippen LogP contribution is -2.26. The number of anilines is 1. The Bertz CT molecular complexity index is 886. The molecule has 1 aliphatic rings. The summed E-state index contributed by atoms with van der Waals surface area (Å²) in [7, 11) is 1.65. The topological polar surface area (TPSA) is 96.5 Å². The number of nitrogens with zero attached hydrogens (tertiary/aromatic N) is 3. The molecule has 1 unspecified atom stereocenters. The van der Waals surface area contributed by atoms with Gasteiger partial charge in [0.2, 0.25) is 17.7 Å². The second-order valence-electron chi connectivity index (χ2n) is 5.74. The third kappa shape index (κ3) is 3.67. The molecule has 0 saturated carbocycles. The predicted molar refractivity (Wildman–Crippen MR) is 96.1 cm³/mol. The van der Waals surface area contributed by atoms with Crippen LogP contribution in [0.15, 0.2) is 52.5 Å². The van der Waals surface area contributed by atoms with Gasteiger partial charge in [-0.15, -0.1) is 21.8 Å². The molecule has 1 aromatic carbocycles. The molecule has 0 spiro atoms. The SMILES string of the molecule is CN(C(=O)CCl)c1ccc(-c2nnc(C3C=CC(C(=O)O)=CC3)o2)cc1. The van der Waals surface area contributed by atoms with Gasteiger partial charge in [0.15, 0.2) is 0 Å². The lowest BCUT2D eigenvalue weighted by Gasteiger charge is -2.15. The first-order valence-corrected chi connectivity index (χ1v) is 8.41. The number of amides is 1. The van der Waals surface area contributed by atoms with E-state index in [2.05, 4.69) is 10.2 Å². The van der Waals surface area contributed by atoms with Gasteiger partial charge in [0.05, 0.1) is 11.5 Å². The van der Waals surface area contributed by atoms with Gasteiger partial charge in [0.25, 0.3) is 0 Å². The van der Waals surface area contributed by atoms with Crippen molar-refractivity contribution in [2.45, 2.75) is 12.3 Å². The van der Waals surface area contributed by atoms with Gasteiger partial charge in [0, 0.05) is 18.3 Å². The Labute approximate surface area is 154 Å². The quantitative estimate of drug-likeness (QED) is 0.809. The van der Waals surface area contributed by atoms with E-state index in [1.807, 2.05) is 0 Å². The number of hydrogen-bond donors (Lipinski definition) is 1. The van der Waals surface area contributed by atoms with Crippen LogP contribution in [0.4, 0.5) is 5.69 Å². The van der Waals surface area contributed by atoms with E-state index in [1.54, 1.807) is 49.5 Å². The molecule has 0 fully saturated rings. The van der Waals surface area contributed by atoms with Gasteiger partial charge in [-0.3, -0.25) is 4.79 Å². The molecular weight excluding hydrogens is 358 g/mol. The van der Waals surface area contributed by atoms with Gasteiger partial charge in [-0.1, -0.05) is 18.2 Å². The first-order valence-electron chi connectivity index (χ1n) is 7.87. The lowest BCUT2D eigenvalue weighted by atomic mass is 9.97. The maximum atomic E-state index is 11.6. The first kappa shape index (κ1) is 17.9. The molecule has 1 amide bonds. The Balaban J connectivity index is 1.73. The largest absolute Gasteiger partial charge is 0.478 e. The van der Waals surface area contributed by atoms with Gasteiger partial charge in [-0.05, 0) is 30.7 Å². The Morgan fingerprint density at radius 2 is 2.04 bits per heavy atom. The van der Waals surface area contributed by atoms with Crippen molar-refractivity contribution in [1.82, 2.24) is 10.2 Å². The summed E-state index contributed by atoms with van der Waals surface area (Å²) in [6.07, 6.45) is 5.41. The number of halogens is 1. The van der Waals surface area contributed by atoms with Crippen molar-refractivity contribution in [3.05, 3.63) is 54.0 Å². The van der Waals surface area contributed by atoms with E-state index in [0.717, 1.165) is 5.56 Å². The molecule has 2 aromatic rings. The van der Waals surface area contributed by atoms with E-state index in [1.165, 1.54) is 4.90 Å². The minimum atomic E-state index is -0.955. The molecule has 134 valence electrons. The fraction of sp³-hybridized carbons (Fsp3) is 0.222. The van der Waals surface area contributed by atoms with E-state index >= 15 is 0 Å². The normalized spacial score (nSPS) is 16.2. The molecule has 8 heteroatoms. The molecule has 1 atom stereocenters. The van der Waals surface area contributed by atoms with Crippen molar-refractivity contribution in [2.24, 2.45) is 0 Å². The molecule has 1 N–H and O–H groups in total. The number of carbonyl (C=O) groups excluding carboxylic acids is 1. The van der Waals surface area contributed by atoms with Crippen LogP contribution >= 0.6 is 11.6 Å². The Hall–Kier alpha value is -2.93. The zero-order chi connectivity index (χ0) is 18.7. The number of carboxylic acids is 1. The van der Waals surface area contributed by atoms with Crippen LogP contribution in [0.3, 0.4) is 0 Å². The smallest absolute Gasteiger partial charge is 0.335 e. The zero-order valence-corrected chi connectivity index (χ0v) is 14.7. The minimum Gasteiger partial charge on any atom is -0.478 e. The summed E-state index contributed by atoms with van der Waals surface area (Å²) < 4.78 is 5.72. The van der Waals surface area contributed by atoms with Crippen LogP contribution in [0, 0.1) is 0 Å². The highest BCUT2D eigenvalue weighted by atomic mass is 35.5. The summed E-state index contributed by atoms with van der Waals surface area (Å²) in [5.41, 5.74) is 1.69. The molecule has 7 nitrogen and oxygen atoms in total. The number of benzene rings is 1. The average molecular weight is 374 g/mol. The Morgan fingerprint density at radius 1 is 1.31 bits per heavy atom. The number of carbonyl (C=O) groups is 2. The van der Waals surface area contributed by atoms with Crippen LogP contribution in [0.5, 0.6) is 0 Å². The molecule has 0 saturated heterocycles. The lowest BCUT2D eigenvalue weighted by molar-refractivity contribution is -0.132. The van der Waals surface area contributed by atoms with E-state index in [-0.39, 0.29) is 23.3 Å². The monoisotopic (exact) mass is 373 g/mol. The maximum absolute atomic E-state index is 11.6. The van der Waals surface area contributed by atoms with E-state index in [0.29, 0.717) is 23.9 Å². The third-order valence-electron chi connectivity index (χ3n) is 4.09. The summed E-state index contributed by atoms with van der Waals surface area (Å²) >= 11 is 5.56. The van der Waals surface area contributed by atoms with Crippen LogP contribution in [-0.2, 0) is 9.59 Å². The van der Waals surface area contributed by atoms with E-state index in [4.69, 9.17) is 21.1 Å². The molecule has 0 bridgehead atoms. The summed E-state index contributed by atoms with van der Waals surface area (Å²) in [6, 6.07) is 7.10. The summed E-state index contributed by atoms with van der Waals surface area (Å²) in [5, 5.41) is 17.1. The number of alkyl halides is 1. The number of aromatic nitrogens is 2. The van der Waals surface area contributed by atoms with Gasteiger partial charge in [-0.2, -0.15) is 0 Å². The highest BCUT2D eigenvalue weighted by molar-refractivity contribution is 6.29. The first-order chi connectivity index (χ1) is 12.5. The minimum absolute atomic E-state index is 0.0851. The number of allylic oxidation sites excluding steroid dienone is 2. The second kappa shape index (κ2) is 7.53. The van der Waals surface area contributed by atoms with Gasteiger partial charge in [0.1, 0.15) is 5.88 Å². The fourth-order valence-corrected chi connectivity index (χ4v) is 2.70. The van der Waals surface area contributed by atoms with E-state index < -0.39 is 5.97 Å². The summed E-state index contributed by atoms with van der Waals surface area (Å²) in [5.74, 6) is -0.597. The maximum Gasteiger partial charge on any atom is 0.335 e. The predicted octanol–water partition coefficient (Wildman–Crippen LogP) is 2.99. The molecule has 3 rings (SSSR count). The number of hydrogen-bond acceptors (Lipinski definition) is 5. The second-order valence-corrected chi connectivity index (χ2v) is 6.01. The van der Waals surface area contributed by atoms with Crippen LogP contribution in [-0.4, -0.2) is 40.1 Å². The van der Waals surface area contributed by atoms with Crippen molar-refractivity contribution in [1.29, 1.82) is 0 Å². The fourth-order valence-electron chi connectivity index (χ4n) is 2.52. The van der Waals surface area contributed by atoms with E-state index in [9.17, 15) is 9.59 Å². The van der Waals surface area contributed by atoms with Crippen molar-refractivity contribution < 1.29 is 19.1 Å². The number of carboxylic acid groups (broad SMARTS) is 1. The molecule has 1 aromatic heterocycles. The summed E-state index contributed by atoms with van der Waals surface area (Å²) in [4.78, 5) is 24.0. The molecule has 26 heavy (non-hydrogen) atoms. The van der Waals surface area contributed by atoms with Crippen molar-refractivity contribution in [3.63, 3.8) is 0 Å². The van der Waals surface area contributed by atoms with Crippen LogP contribution < -0.4 is 4.90 Å². The Morgan fingerprint density at radius 3 is 2.62 bits per heavy atom.